The number of benzene rings is 2. The molecule has 0 bridgehead atoms. The third-order valence-electron chi connectivity index (χ3n) is 5.58. The SMILES string of the molecule is CN(C(=O)OC(C)(C)c1ccc(-c2ccccc2)cc1)C1CCN(C(=O)Cl)CC1. The summed E-state index contributed by atoms with van der Waals surface area (Å²) in [7, 11) is 1.75. The molecule has 0 aliphatic carbocycles. The number of hydrogen-bond donors (Lipinski definition) is 0. The standard InChI is InChI=1S/C23H27ClN2O3/c1-23(2,19-11-9-18(10-12-19)17-7-5-4-6-8-17)29-22(28)25(3)20-13-15-26(16-14-20)21(24)27/h4-12,20H,13-16H2,1-3H3. The van der Waals surface area contributed by atoms with Gasteiger partial charge in [-0.3, -0.25) is 4.79 Å². The number of halogens is 1. The molecule has 154 valence electrons. The Balaban J connectivity index is 1.62. The number of nitrogens with zero attached hydrogens (tertiary/aromatic N) is 2. The first-order valence-electron chi connectivity index (χ1n) is 9.84. The van der Waals surface area contributed by atoms with Crippen LogP contribution >= 0.6 is 11.6 Å². The Kier molecular flexibility index (Phi) is 6.48. The fourth-order valence-corrected chi connectivity index (χ4v) is 3.79. The van der Waals surface area contributed by atoms with Gasteiger partial charge >= 0.3 is 11.5 Å². The summed E-state index contributed by atoms with van der Waals surface area (Å²) < 4.78 is 5.84. The number of hydrogen-bond acceptors (Lipinski definition) is 3. The van der Waals surface area contributed by atoms with Crippen molar-refractivity contribution in [1.29, 1.82) is 0 Å². The van der Waals surface area contributed by atoms with E-state index >= 15 is 0 Å². The van der Waals surface area contributed by atoms with Crippen LogP contribution in [0.15, 0.2) is 54.6 Å². The third-order valence-corrected chi connectivity index (χ3v) is 5.82. The molecule has 2 aromatic rings. The van der Waals surface area contributed by atoms with E-state index in [1.165, 1.54) is 0 Å². The Labute approximate surface area is 177 Å². The second-order valence-electron chi connectivity index (χ2n) is 7.90. The topological polar surface area (TPSA) is 49.9 Å². The van der Waals surface area contributed by atoms with Crippen LogP contribution in [-0.4, -0.2) is 47.4 Å². The van der Waals surface area contributed by atoms with Crippen molar-refractivity contribution < 1.29 is 14.3 Å². The molecule has 0 aromatic heterocycles. The highest BCUT2D eigenvalue weighted by atomic mass is 35.5. The highest BCUT2D eigenvalue weighted by Gasteiger charge is 2.32. The fourth-order valence-electron chi connectivity index (χ4n) is 3.62. The van der Waals surface area contributed by atoms with E-state index in [0.717, 1.165) is 16.7 Å². The lowest BCUT2D eigenvalue weighted by Crippen LogP contribution is -2.47. The number of likely N-dealkylation sites (tertiary alicyclic amines) is 1. The van der Waals surface area contributed by atoms with Crippen LogP contribution in [0.1, 0.15) is 32.3 Å². The molecule has 0 N–H and O–H groups in total. The number of amides is 2. The van der Waals surface area contributed by atoms with Crippen molar-refractivity contribution in [3.63, 3.8) is 0 Å². The summed E-state index contributed by atoms with van der Waals surface area (Å²) >= 11 is 5.53. The first-order chi connectivity index (χ1) is 13.8. The molecular formula is C23H27ClN2O3. The van der Waals surface area contributed by atoms with Crippen molar-refractivity contribution in [3.8, 4) is 11.1 Å². The van der Waals surface area contributed by atoms with E-state index in [2.05, 4.69) is 12.1 Å². The number of ether oxygens (including phenoxy) is 1. The molecule has 5 nitrogen and oxygen atoms in total. The van der Waals surface area contributed by atoms with Crippen LogP contribution in [0.25, 0.3) is 11.1 Å². The molecule has 3 rings (SSSR count). The first-order valence-corrected chi connectivity index (χ1v) is 10.2. The molecule has 1 saturated heterocycles. The van der Waals surface area contributed by atoms with Crippen LogP contribution in [0.4, 0.5) is 9.59 Å². The highest BCUT2D eigenvalue weighted by Crippen LogP contribution is 2.29. The van der Waals surface area contributed by atoms with Gasteiger partial charge in [-0.15, -0.1) is 0 Å². The average Bonchev–Trinajstić information content (AvgIpc) is 2.73. The van der Waals surface area contributed by atoms with Crippen LogP contribution in [0.3, 0.4) is 0 Å². The monoisotopic (exact) mass is 414 g/mol. The van der Waals surface area contributed by atoms with Gasteiger partial charge < -0.3 is 14.5 Å². The summed E-state index contributed by atoms with van der Waals surface area (Å²) in [5.74, 6) is 0. The second kappa shape index (κ2) is 8.87. The van der Waals surface area contributed by atoms with Gasteiger partial charge in [-0.05, 0) is 55.0 Å². The molecular weight excluding hydrogens is 388 g/mol. The predicted octanol–water partition coefficient (Wildman–Crippen LogP) is 5.48. The van der Waals surface area contributed by atoms with Crippen molar-refractivity contribution in [2.24, 2.45) is 0 Å². The van der Waals surface area contributed by atoms with Crippen molar-refractivity contribution in [2.75, 3.05) is 20.1 Å². The van der Waals surface area contributed by atoms with Gasteiger partial charge in [0.05, 0.1) is 0 Å². The first kappa shape index (κ1) is 21.2. The molecule has 0 saturated carbocycles. The number of rotatable bonds is 4. The van der Waals surface area contributed by atoms with Crippen molar-refractivity contribution >= 4 is 23.1 Å². The smallest absolute Gasteiger partial charge is 0.410 e. The lowest BCUT2D eigenvalue weighted by atomic mass is 9.95. The third kappa shape index (κ3) is 5.10. The van der Waals surface area contributed by atoms with Gasteiger partial charge in [0.15, 0.2) is 0 Å². The Morgan fingerprint density at radius 3 is 2.10 bits per heavy atom. The molecule has 1 aliphatic heterocycles. The largest absolute Gasteiger partial charge is 0.438 e. The second-order valence-corrected chi connectivity index (χ2v) is 8.23. The summed E-state index contributed by atoms with van der Waals surface area (Å²) in [5.41, 5.74) is 2.44. The van der Waals surface area contributed by atoms with Crippen molar-refractivity contribution in [3.05, 3.63) is 60.2 Å². The Hall–Kier alpha value is -2.53. The zero-order valence-corrected chi connectivity index (χ0v) is 17.9. The summed E-state index contributed by atoms with van der Waals surface area (Å²) in [6, 6.07) is 18.3. The maximum Gasteiger partial charge on any atom is 0.410 e. The minimum Gasteiger partial charge on any atom is -0.438 e. The lowest BCUT2D eigenvalue weighted by Gasteiger charge is -2.37. The molecule has 1 fully saturated rings. The Bertz CT molecular complexity index is 844. The quantitative estimate of drug-likeness (QED) is 0.491. The molecule has 0 atom stereocenters. The summed E-state index contributed by atoms with van der Waals surface area (Å²) in [5, 5.41) is -0.436. The molecule has 0 spiro atoms. The molecule has 2 aromatic carbocycles. The molecule has 0 unspecified atom stereocenters. The molecule has 1 heterocycles. The van der Waals surface area contributed by atoms with E-state index in [1.54, 1.807) is 16.8 Å². The van der Waals surface area contributed by atoms with E-state index in [9.17, 15) is 9.59 Å². The van der Waals surface area contributed by atoms with E-state index in [0.29, 0.717) is 25.9 Å². The number of carbonyl (C=O) groups excluding carboxylic acids is 2. The van der Waals surface area contributed by atoms with Crippen LogP contribution in [0, 0.1) is 0 Å². The zero-order chi connectivity index (χ0) is 21.0. The van der Waals surface area contributed by atoms with E-state index < -0.39 is 11.0 Å². The van der Waals surface area contributed by atoms with Crippen LogP contribution in [0.2, 0.25) is 0 Å². The minimum atomic E-state index is -0.757. The summed E-state index contributed by atoms with van der Waals surface area (Å²) in [4.78, 5) is 27.2. The van der Waals surface area contributed by atoms with Crippen LogP contribution in [-0.2, 0) is 10.3 Å². The van der Waals surface area contributed by atoms with Gasteiger partial charge in [0, 0.05) is 26.2 Å². The maximum absolute atomic E-state index is 12.7. The summed E-state index contributed by atoms with van der Waals surface area (Å²) in [6.07, 6.45) is 1.02. The molecule has 2 amide bonds. The lowest BCUT2D eigenvalue weighted by molar-refractivity contribution is 0.00406. The van der Waals surface area contributed by atoms with Crippen molar-refractivity contribution in [1.82, 2.24) is 9.80 Å². The number of carbonyl (C=O) groups is 2. The molecule has 1 aliphatic rings. The van der Waals surface area contributed by atoms with Crippen LogP contribution < -0.4 is 0 Å². The van der Waals surface area contributed by atoms with Crippen molar-refractivity contribution in [2.45, 2.75) is 38.3 Å². The summed E-state index contributed by atoms with van der Waals surface area (Å²) in [6.45, 7) is 4.89. The number of piperidine rings is 1. The van der Waals surface area contributed by atoms with Gasteiger partial charge in [-0.1, -0.05) is 54.6 Å². The Morgan fingerprint density at radius 2 is 1.55 bits per heavy atom. The van der Waals surface area contributed by atoms with Gasteiger partial charge in [0.25, 0.3) is 0 Å². The fraction of sp³-hybridized carbons (Fsp3) is 0.391. The predicted molar refractivity (Wildman–Crippen MR) is 115 cm³/mol. The average molecular weight is 415 g/mol. The molecule has 0 radical (unpaired) electrons. The normalized spacial score (nSPS) is 15.1. The van der Waals surface area contributed by atoms with Gasteiger partial charge in [-0.25, -0.2) is 4.79 Å². The molecule has 29 heavy (non-hydrogen) atoms. The Morgan fingerprint density at radius 1 is 1.00 bits per heavy atom. The van der Waals surface area contributed by atoms with E-state index in [-0.39, 0.29) is 12.1 Å². The minimum absolute atomic E-state index is 0.0334. The zero-order valence-electron chi connectivity index (χ0n) is 17.1. The highest BCUT2D eigenvalue weighted by molar-refractivity contribution is 6.62. The van der Waals surface area contributed by atoms with Gasteiger partial charge in [0.1, 0.15) is 5.60 Å². The van der Waals surface area contributed by atoms with Gasteiger partial charge in [0.2, 0.25) is 0 Å². The van der Waals surface area contributed by atoms with E-state index in [4.69, 9.17) is 16.3 Å². The van der Waals surface area contributed by atoms with E-state index in [1.807, 2.05) is 56.3 Å². The van der Waals surface area contributed by atoms with Gasteiger partial charge in [-0.2, -0.15) is 0 Å². The van der Waals surface area contributed by atoms with Crippen LogP contribution in [0.5, 0.6) is 0 Å². The molecule has 6 heteroatoms. The maximum atomic E-state index is 12.7.